The van der Waals surface area contributed by atoms with Gasteiger partial charge in [-0.25, -0.2) is 0 Å². The summed E-state index contributed by atoms with van der Waals surface area (Å²) in [5.41, 5.74) is 2.94. The van der Waals surface area contributed by atoms with Crippen molar-refractivity contribution in [2.45, 2.75) is 45.6 Å². The predicted molar refractivity (Wildman–Crippen MR) is 89.5 cm³/mol. The third kappa shape index (κ3) is 4.46. The summed E-state index contributed by atoms with van der Waals surface area (Å²) in [5.74, 6) is 0. The number of nitrogens with one attached hydrogen (secondary N) is 1. The van der Waals surface area contributed by atoms with Crippen LogP contribution in [0.4, 0.5) is 0 Å². The molecule has 1 unspecified atom stereocenters. The van der Waals surface area contributed by atoms with Gasteiger partial charge in [0.25, 0.3) is 0 Å². The zero-order valence-corrected chi connectivity index (χ0v) is 13.4. The average Bonchev–Trinajstić information content (AvgIpc) is 2.90. The van der Waals surface area contributed by atoms with E-state index in [0.717, 1.165) is 6.54 Å². The normalized spacial score (nSPS) is 12.5. The number of benzene rings is 1. The molecule has 0 bridgehead atoms. The molecule has 0 saturated heterocycles. The summed E-state index contributed by atoms with van der Waals surface area (Å²) >= 11 is 1.86. The van der Waals surface area contributed by atoms with Gasteiger partial charge in [-0.15, -0.1) is 11.3 Å². The van der Waals surface area contributed by atoms with Crippen molar-refractivity contribution >= 4 is 11.3 Å². The number of rotatable bonds is 8. The lowest BCUT2D eigenvalue weighted by atomic mass is 9.99. The Morgan fingerprint density at radius 2 is 1.95 bits per heavy atom. The van der Waals surface area contributed by atoms with E-state index in [1.165, 1.54) is 41.7 Å². The van der Waals surface area contributed by atoms with Gasteiger partial charge in [0, 0.05) is 10.9 Å². The van der Waals surface area contributed by atoms with Crippen molar-refractivity contribution in [2.24, 2.45) is 0 Å². The van der Waals surface area contributed by atoms with Gasteiger partial charge in [-0.3, -0.25) is 0 Å². The molecular formula is C18H25NS. The minimum absolute atomic E-state index is 0.518. The van der Waals surface area contributed by atoms with Gasteiger partial charge >= 0.3 is 0 Å². The number of hydrogen-bond acceptors (Lipinski definition) is 2. The number of aryl methyl sites for hydroxylation is 2. The van der Waals surface area contributed by atoms with Crippen LogP contribution in [0.5, 0.6) is 0 Å². The largest absolute Gasteiger partial charge is 0.310 e. The fraction of sp³-hybridized carbons (Fsp3) is 0.444. The topological polar surface area (TPSA) is 12.0 Å². The molecule has 0 aliphatic carbocycles. The van der Waals surface area contributed by atoms with E-state index in [1.54, 1.807) is 0 Å². The summed E-state index contributed by atoms with van der Waals surface area (Å²) in [6, 6.07) is 13.6. The minimum atomic E-state index is 0.518. The van der Waals surface area contributed by atoms with Crippen molar-refractivity contribution in [1.82, 2.24) is 5.32 Å². The highest BCUT2D eigenvalue weighted by Crippen LogP contribution is 2.26. The maximum absolute atomic E-state index is 3.71. The van der Waals surface area contributed by atoms with Crippen molar-refractivity contribution in [3.8, 4) is 0 Å². The van der Waals surface area contributed by atoms with Gasteiger partial charge < -0.3 is 5.32 Å². The Labute approximate surface area is 127 Å². The molecule has 1 heterocycles. The lowest BCUT2D eigenvalue weighted by molar-refractivity contribution is 0.484. The quantitative estimate of drug-likeness (QED) is 0.710. The van der Waals surface area contributed by atoms with Crippen LogP contribution in [0.1, 0.15) is 48.2 Å². The highest BCUT2D eigenvalue weighted by Gasteiger charge is 2.13. The molecular weight excluding hydrogens is 262 g/mol. The number of thiophene rings is 1. The molecule has 1 N–H and O–H groups in total. The lowest BCUT2D eigenvalue weighted by Gasteiger charge is -2.19. The van der Waals surface area contributed by atoms with E-state index in [2.05, 4.69) is 60.9 Å². The third-order valence-corrected chi connectivity index (χ3v) is 4.58. The van der Waals surface area contributed by atoms with E-state index in [-0.39, 0.29) is 0 Å². The first-order chi connectivity index (χ1) is 9.81. The van der Waals surface area contributed by atoms with Crippen molar-refractivity contribution in [3.63, 3.8) is 0 Å². The van der Waals surface area contributed by atoms with Gasteiger partial charge in [-0.2, -0.15) is 0 Å². The zero-order chi connectivity index (χ0) is 14.2. The van der Waals surface area contributed by atoms with Crippen LogP contribution in [0.25, 0.3) is 0 Å². The van der Waals surface area contributed by atoms with E-state index < -0.39 is 0 Å². The van der Waals surface area contributed by atoms with E-state index in [4.69, 9.17) is 0 Å². The van der Waals surface area contributed by atoms with Gasteiger partial charge in [-0.05, 0) is 61.7 Å². The fourth-order valence-corrected chi connectivity index (χ4v) is 3.36. The van der Waals surface area contributed by atoms with Crippen LogP contribution in [-0.4, -0.2) is 6.54 Å². The Kier molecular flexibility index (Phi) is 6.28. The van der Waals surface area contributed by atoms with E-state index in [1.807, 2.05) is 11.3 Å². The smallest absolute Gasteiger partial charge is 0.0331 e. The maximum atomic E-state index is 3.71. The molecule has 1 nitrogen and oxygen atoms in total. The van der Waals surface area contributed by atoms with Crippen molar-refractivity contribution in [1.29, 1.82) is 0 Å². The molecule has 0 aliphatic heterocycles. The van der Waals surface area contributed by atoms with Crippen LogP contribution in [0, 0.1) is 6.92 Å². The van der Waals surface area contributed by atoms with Gasteiger partial charge in [0.1, 0.15) is 0 Å². The van der Waals surface area contributed by atoms with Crippen LogP contribution < -0.4 is 5.32 Å². The SMILES string of the molecule is CCCNC(CCCc1ccccc1)c1ccsc1C. The monoisotopic (exact) mass is 287 g/mol. The third-order valence-electron chi connectivity index (χ3n) is 3.72. The molecule has 0 aliphatic rings. The van der Waals surface area contributed by atoms with Crippen LogP contribution in [0.15, 0.2) is 41.8 Å². The molecule has 0 saturated carbocycles. The van der Waals surface area contributed by atoms with Crippen molar-refractivity contribution in [2.75, 3.05) is 6.54 Å². The second-order valence-corrected chi connectivity index (χ2v) is 6.44. The molecule has 2 heteroatoms. The molecule has 2 rings (SSSR count). The van der Waals surface area contributed by atoms with Crippen molar-refractivity contribution < 1.29 is 0 Å². The first-order valence-corrected chi connectivity index (χ1v) is 8.50. The summed E-state index contributed by atoms with van der Waals surface area (Å²) in [6.45, 7) is 5.57. The van der Waals surface area contributed by atoms with Crippen LogP contribution in [-0.2, 0) is 6.42 Å². The average molecular weight is 287 g/mol. The second kappa shape index (κ2) is 8.23. The number of hydrogen-bond donors (Lipinski definition) is 1. The molecule has 0 spiro atoms. The summed E-state index contributed by atoms with van der Waals surface area (Å²) < 4.78 is 0. The van der Waals surface area contributed by atoms with Crippen LogP contribution in [0.3, 0.4) is 0 Å². The molecule has 0 fully saturated rings. The van der Waals surface area contributed by atoms with Crippen LogP contribution in [0.2, 0.25) is 0 Å². The van der Waals surface area contributed by atoms with Gasteiger partial charge in [0.15, 0.2) is 0 Å². The van der Waals surface area contributed by atoms with E-state index in [9.17, 15) is 0 Å². The minimum Gasteiger partial charge on any atom is -0.310 e. The first-order valence-electron chi connectivity index (χ1n) is 7.62. The van der Waals surface area contributed by atoms with E-state index >= 15 is 0 Å². The van der Waals surface area contributed by atoms with Crippen molar-refractivity contribution in [3.05, 3.63) is 57.8 Å². The van der Waals surface area contributed by atoms with E-state index in [0.29, 0.717) is 6.04 Å². The predicted octanol–water partition coefficient (Wildman–Crippen LogP) is 5.12. The van der Waals surface area contributed by atoms with Gasteiger partial charge in [-0.1, -0.05) is 37.3 Å². The molecule has 1 aromatic heterocycles. The second-order valence-electron chi connectivity index (χ2n) is 5.32. The summed E-state index contributed by atoms with van der Waals surface area (Å²) in [5, 5.41) is 5.92. The molecule has 20 heavy (non-hydrogen) atoms. The summed E-state index contributed by atoms with van der Waals surface area (Å²) in [6.07, 6.45) is 4.82. The Morgan fingerprint density at radius 3 is 2.60 bits per heavy atom. The lowest BCUT2D eigenvalue weighted by Crippen LogP contribution is -2.22. The van der Waals surface area contributed by atoms with Gasteiger partial charge in [0.2, 0.25) is 0 Å². The Balaban J connectivity index is 1.89. The molecule has 108 valence electrons. The molecule has 2 aromatic rings. The highest BCUT2D eigenvalue weighted by molar-refractivity contribution is 7.10. The summed E-state index contributed by atoms with van der Waals surface area (Å²) in [4.78, 5) is 1.46. The first kappa shape index (κ1) is 15.3. The molecule has 1 atom stereocenters. The van der Waals surface area contributed by atoms with Gasteiger partial charge in [0.05, 0.1) is 0 Å². The molecule has 0 radical (unpaired) electrons. The zero-order valence-electron chi connectivity index (χ0n) is 12.6. The standard InChI is InChI=1S/C18H25NS/c1-3-13-19-18(17-12-14-20-15(17)2)11-7-10-16-8-5-4-6-9-16/h4-6,8-9,12,14,18-19H,3,7,10-11,13H2,1-2H3. The summed E-state index contributed by atoms with van der Waals surface area (Å²) in [7, 11) is 0. The molecule has 1 aromatic carbocycles. The maximum Gasteiger partial charge on any atom is 0.0331 e. The molecule has 0 amide bonds. The Hall–Kier alpha value is -1.12. The Bertz CT molecular complexity index is 489. The van der Waals surface area contributed by atoms with Crippen LogP contribution >= 0.6 is 11.3 Å². The Morgan fingerprint density at radius 1 is 1.15 bits per heavy atom. The highest BCUT2D eigenvalue weighted by atomic mass is 32.1. The fourth-order valence-electron chi connectivity index (χ4n) is 2.60.